The van der Waals surface area contributed by atoms with Crippen LogP contribution in [0.15, 0.2) is 58.5 Å². The summed E-state index contributed by atoms with van der Waals surface area (Å²) in [6, 6.07) is 17.2. The van der Waals surface area contributed by atoms with Crippen LogP contribution in [0, 0.1) is 6.92 Å². The van der Waals surface area contributed by atoms with Gasteiger partial charge in [-0.2, -0.15) is 0 Å². The number of aliphatic imine (C=N–C) groups is 2. The summed E-state index contributed by atoms with van der Waals surface area (Å²) < 4.78 is 0. The van der Waals surface area contributed by atoms with E-state index in [1.165, 1.54) is 22.3 Å². The Kier molecular flexibility index (Phi) is 15.4. The van der Waals surface area contributed by atoms with Gasteiger partial charge in [0.1, 0.15) is 0 Å². The maximum Gasteiger partial charge on any atom is 2.00 e. The van der Waals surface area contributed by atoms with Crippen molar-refractivity contribution >= 4 is 23.8 Å². The molecule has 0 aliphatic carbocycles. The second kappa shape index (κ2) is 16.2. The molecule has 1 radical (unpaired) electrons. The first-order valence-corrected chi connectivity index (χ1v) is 12.9. The minimum Gasteiger partial charge on any atom is -1.00 e. The Balaban J connectivity index is 0.00000456. The van der Waals surface area contributed by atoms with Crippen molar-refractivity contribution in [2.75, 3.05) is 0 Å². The molecule has 0 fully saturated rings. The van der Waals surface area contributed by atoms with Gasteiger partial charge in [-0.1, -0.05) is 91.8 Å². The van der Waals surface area contributed by atoms with Gasteiger partial charge >= 0.3 is 16.8 Å². The topological polar surface area (TPSA) is 37.6 Å². The van der Waals surface area contributed by atoms with Gasteiger partial charge in [-0.15, -0.1) is 0 Å². The third-order valence-electron chi connectivity index (χ3n) is 6.35. The molecular weight excluding hydrogens is 556 g/mol. The second-order valence-corrected chi connectivity index (χ2v) is 10.7. The predicted molar refractivity (Wildman–Crippen MR) is 153 cm³/mol. The monoisotopic (exact) mass is 596 g/mol. The number of hydrogen-bond donors (Lipinski definition) is 0. The molecule has 207 valence electrons. The van der Waals surface area contributed by atoms with Crippen LogP contribution >= 0.6 is 0 Å². The average molecular weight is 598 g/mol. The molecule has 38 heavy (non-hydrogen) atoms. The number of para-hydroxylation sites is 2. The summed E-state index contributed by atoms with van der Waals surface area (Å²) in [6.07, 6.45) is 3.80. The molecule has 0 unspecified atom stereocenters. The van der Waals surface area contributed by atoms with Gasteiger partial charge in [-0.05, 0) is 70.5 Å². The standard InChI is InChI=1S/C32H41N3.2ClH.Co/c1-20(2)27-12-10-13-28(21(3)4)31(27)33-18-25-16-24(9)17-26(35-25)19-34-32-29(22(5)6)14-11-15-30(32)23(7)8;;;/h10-23H,1-9H3;2*1H;/q;;;+2/p-2. The van der Waals surface area contributed by atoms with Crippen molar-refractivity contribution in [3.05, 3.63) is 87.7 Å². The summed E-state index contributed by atoms with van der Waals surface area (Å²) in [5.41, 5.74) is 10.1. The van der Waals surface area contributed by atoms with Gasteiger partial charge in [0, 0.05) is 0 Å². The van der Waals surface area contributed by atoms with E-state index in [-0.39, 0.29) is 41.6 Å². The maximum absolute atomic E-state index is 4.96. The molecule has 0 bridgehead atoms. The molecule has 3 aromatic rings. The average Bonchev–Trinajstić information content (AvgIpc) is 2.80. The fourth-order valence-corrected chi connectivity index (χ4v) is 4.44. The molecule has 0 spiro atoms. The minimum absolute atomic E-state index is 0. The van der Waals surface area contributed by atoms with Gasteiger partial charge in [0.2, 0.25) is 0 Å². The summed E-state index contributed by atoms with van der Waals surface area (Å²) in [4.78, 5) is 14.8. The number of nitrogens with zero attached hydrogens (tertiary/aromatic N) is 3. The predicted octanol–water partition coefficient (Wildman–Crippen LogP) is 3.39. The van der Waals surface area contributed by atoms with Crippen molar-refractivity contribution in [2.24, 2.45) is 9.98 Å². The van der Waals surface area contributed by atoms with Crippen molar-refractivity contribution in [3.8, 4) is 0 Å². The zero-order chi connectivity index (χ0) is 25.7. The van der Waals surface area contributed by atoms with E-state index in [1.807, 2.05) is 12.4 Å². The SMILES string of the molecule is Cc1cc(C=Nc2c(C(C)C)cccc2C(C)C)nc(C=Nc2c(C(C)C)cccc2C(C)C)c1.[Cl-].[Cl-].[Co+2]. The van der Waals surface area contributed by atoms with E-state index in [2.05, 4.69) is 111 Å². The van der Waals surface area contributed by atoms with E-state index in [0.29, 0.717) is 23.7 Å². The number of aryl methyl sites for hydroxylation is 1. The van der Waals surface area contributed by atoms with Gasteiger partial charge in [-0.3, -0.25) is 9.98 Å². The van der Waals surface area contributed by atoms with Crippen LogP contribution < -0.4 is 24.8 Å². The Morgan fingerprint density at radius 1 is 0.579 bits per heavy atom. The van der Waals surface area contributed by atoms with Gasteiger partial charge in [0.15, 0.2) is 0 Å². The fraction of sp³-hybridized carbons (Fsp3) is 0.406. The molecular formula is C32H41Cl2CoN3. The van der Waals surface area contributed by atoms with E-state index in [1.54, 1.807) is 0 Å². The molecule has 0 saturated heterocycles. The van der Waals surface area contributed by atoms with Crippen LogP contribution in [0.4, 0.5) is 11.4 Å². The van der Waals surface area contributed by atoms with E-state index in [0.717, 1.165) is 28.3 Å². The number of rotatable bonds is 8. The summed E-state index contributed by atoms with van der Waals surface area (Å²) in [6.45, 7) is 19.9. The molecule has 0 aliphatic heterocycles. The van der Waals surface area contributed by atoms with Crippen LogP contribution in [-0.4, -0.2) is 17.4 Å². The summed E-state index contributed by atoms with van der Waals surface area (Å²) in [5.74, 6) is 1.63. The molecule has 3 rings (SSSR count). The van der Waals surface area contributed by atoms with Crippen LogP contribution in [-0.2, 0) is 16.8 Å². The molecule has 6 heteroatoms. The number of hydrogen-bond acceptors (Lipinski definition) is 3. The number of aromatic nitrogens is 1. The van der Waals surface area contributed by atoms with Crippen LogP contribution in [0.1, 0.15) is 118 Å². The van der Waals surface area contributed by atoms with Crippen molar-refractivity contribution in [1.82, 2.24) is 4.98 Å². The molecule has 2 aromatic carbocycles. The smallest absolute Gasteiger partial charge is 1.00 e. The van der Waals surface area contributed by atoms with Crippen molar-refractivity contribution in [2.45, 2.75) is 86.0 Å². The van der Waals surface area contributed by atoms with Crippen LogP contribution in [0.25, 0.3) is 0 Å². The Hall–Kier alpha value is -1.98. The van der Waals surface area contributed by atoms with E-state index < -0.39 is 0 Å². The van der Waals surface area contributed by atoms with Crippen molar-refractivity contribution in [3.63, 3.8) is 0 Å². The van der Waals surface area contributed by atoms with Gasteiger partial charge in [0.05, 0.1) is 35.2 Å². The zero-order valence-corrected chi connectivity index (χ0v) is 26.6. The summed E-state index contributed by atoms with van der Waals surface area (Å²) >= 11 is 0. The Morgan fingerprint density at radius 3 is 1.13 bits per heavy atom. The molecule has 0 aliphatic rings. The molecule has 0 atom stereocenters. The summed E-state index contributed by atoms with van der Waals surface area (Å²) in [5, 5.41) is 0. The normalized spacial score (nSPS) is 11.4. The molecule has 1 heterocycles. The number of pyridine rings is 1. The summed E-state index contributed by atoms with van der Waals surface area (Å²) in [7, 11) is 0. The molecule has 3 nitrogen and oxygen atoms in total. The number of benzene rings is 2. The minimum atomic E-state index is 0. The van der Waals surface area contributed by atoms with Gasteiger partial charge in [0.25, 0.3) is 0 Å². The Morgan fingerprint density at radius 2 is 0.868 bits per heavy atom. The fourth-order valence-electron chi connectivity index (χ4n) is 4.44. The van der Waals surface area contributed by atoms with E-state index in [9.17, 15) is 0 Å². The second-order valence-electron chi connectivity index (χ2n) is 10.7. The first-order chi connectivity index (χ1) is 16.6. The first-order valence-electron chi connectivity index (χ1n) is 12.9. The molecule has 0 N–H and O–H groups in total. The zero-order valence-electron chi connectivity index (χ0n) is 24.0. The quantitative estimate of drug-likeness (QED) is 0.367. The molecule has 0 amide bonds. The Labute approximate surface area is 253 Å². The maximum atomic E-state index is 4.96. The van der Waals surface area contributed by atoms with Crippen LogP contribution in [0.2, 0.25) is 0 Å². The van der Waals surface area contributed by atoms with Gasteiger partial charge < -0.3 is 24.8 Å². The molecule has 0 saturated carbocycles. The third-order valence-corrected chi connectivity index (χ3v) is 6.35. The van der Waals surface area contributed by atoms with Crippen LogP contribution in [0.3, 0.4) is 0 Å². The Bertz CT molecular complexity index is 1090. The van der Waals surface area contributed by atoms with E-state index >= 15 is 0 Å². The van der Waals surface area contributed by atoms with Gasteiger partial charge in [-0.25, -0.2) is 4.98 Å². The molecule has 1 aromatic heterocycles. The van der Waals surface area contributed by atoms with Crippen LogP contribution in [0.5, 0.6) is 0 Å². The first kappa shape index (κ1) is 36.0. The van der Waals surface area contributed by atoms with Crippen molar-refractivity contribution in [1.29, 1.82) is 0 Å². The number of halogens is 2. The third kappa shape index (κ3) is 9.05. The van der Waals surface area contributed by atoms with Crippen molar-refractivity contribution < 1.29 is 41.6 Å². The van der Waals surface area contributed by atoms with E-state index in [4.69, 9.17) is 15.0 Å². The largest absolute Gasteiger partial charge is 2.00 e.